The first-order valence-electron chi connectivity index (χ1n) is 7.28. The minimum Gasteiger partial charge on any atom is -0.290 e. The summed E-state index contributed by atoms with van der Waals surface area (Å²) in [5.41, 5.74) is 3.92. The maximum atomic E-state index is 4.56. The Morgan fingerprint density at radius 2 is 1.89 bits per heavy atom. The maximum Gasteiger partial charge on any atom is 0.0364 e. The zero-order valence-electron chi connectivity index (χ0n) is 13.1. The fourth-order valence-corrected chi connectivity index (χ4v) is 2.23. The molecule has 1 heteroatoms. The monoisotopic (exact) mass is 249 g/mol. The van der Waals surface area contributed by atoms with Gasteiger partial charge in [-0.25, -0.2) is 0 Å². The van der Waals surface area contributed by atoms with Gasteiger partial charge < -0.3 is 0 Å². The summed E-state index contributed by atoms with van der Waals surface area (Å²) in [6.45, 7) is 15.7. The van der Waals surface area contributed by atoms with Gasteiger partial charge in [-0.3, -0.25) is 4.99 Å². The van der Waals surface area contributed by atoms with Crippen molar-refractivity contribution in [3.63, 3.8) is 0 Å². The lowest BCUT2D eigenvalue weighted by Gasteiger charge is -2.10. The molecule has 0 N–H and O–H groups in total. The second kappa shape index (κ2) is 10.1. The molecule has 0 radical (unpaired) electrons. The number of rotatable bonds is 9. The zero-order valence-corrected chi connectivity index (χ0v) is 13.1. The fraction of sp³-hybridized carbons (Fsp3) is 0.706. The van der Waals surface area contributed by atoms with Gasteiger partial charge in [0.15, 0.2) is 0 Å². The van der Waals surface area contributed by atoms with Gasteiger partial charge in [0.2, 0.25) is 0 Å². The first kappa shape index (κ1) is 17.2. The molecule has 0 heterocycles. The molecular formula is C17H31N. The second-order valence-electron chi connectivity index (χ2n) is 5.70. The quantitative estimate of drug-likeness (QED) is 0.287. The average Bonchev–Trinajstić information content (AvgIpc) is 2.22. The molecule has 0 amide bonds. The summed E-state index contributed by atoms with van der Waals surface area (Å²) in [4.78, 5) is 4.56. The molecule has 1 nitrogen and oxygen atoms in total. The smallest absolute Gasteiger partial charge is 0.0364 e. The highest BCUT2D eigenvalue weighted by molar-refractivity contribution is 5.95. The van der Waals surface area contributed by atoms with Crippen molar-refractivity contribution in [2.75, 3.05) is 6.54 Å². The van der Waals surface area contributed by atoms with Crippen LogP contribution in [-0.2, 0) is 0 Å². The molecule has 18 heavy (non-hydrogen) atoms. The Labute approximate surface area is 114 Å². The van der Waals surface area contributed by atoms with Crippen LogP contribution in [0.4, 0.5) is 0 Å². The standard InChI is InChI=1S/C17H31N/c1-7-18-17(13-15(4)5)11-9-8-10-16(6)12-14(2)3/h13,16H,2,7-12H2,1,3-6H3. The van der Waals surface area contributed by atoms with Gasteiger partial charge in [-0.2, -0.15) is 0 Å². The number of aliphatic imine (C=N–C) groups is 1. The van der Waals surface area contributed by atoms with Crippen LogP contribution in [0.5, 0.6) is 0 Å². The molecular weight excluding hydrogens is 218 g/mol. The molecule has 104 valence electrons. The summed E-state index contributed by atoms with van der Waals surface area (Å²) in [5, 5.41) is 0. The largest absolute Gasteiger partial charge is 0.290 e. The third-order valence-corrected chi connectivity index (χ3v) is 2.89. The van der Waals surface area contributed by atoms with Crippen LogP contribution in [0.1, 0.15) is 66.7 Å². The van der Waals surface area contributed by atoms with Crippen LogP contribution < -0.4 is 0 Å². The lowest BCUT2D eigenvalue weighted by atomic mass is 9.96. The van der Waals surface area contributed by atoms with Crippen molar-refractivity contribution in [2.45, 2.75) is 66.7 Å². The molecule has 0 aliphatic carbocycles. The van der Waals surface area contributed by atoms with Gasteiger partial charge in [0.1, 0.15) is 0 Å². The van der Waals surface area contributed by atoms with Gasteiger partial charge in [0.25, 0.3) is 0 Å². The predicted molar refractivity (Wildman–Crippen MR) is 84.5 cm³/mol. The van der Waals surface area contributed by atoms with E-state index in [0.29, 0.717) is 0 Å². The van der Waals surface area contributed by atoms with Crippen molar-refractivity contribution in [3.05, 3.63) is 23.8 Å². The molecule has 0 fully saturated rings. The molecule has 0 aromatic rings. The summed E-state index contributed by atoms with van der Waals surface area (Å²) in [6, 6.07) is 0. The minimum atomic E-state index is 0.775. The van der Waals surface area contributed by atoms with E-state index < -0.39 is 0 Å². The zero-order chi connectivity index (χ0) is 14.0. The van der Waals surface area contributed by atoms with E-state index in [0.717, 1.165) is 18.9 Å². The van der Waals surface area contributed by atoms with Gasteiger partial charge in [-0.15, -0.1) is 6.58 Å². The molecule has 0 aliphatic heterocycles. The lowest BCUT2D eigenvalue weighted by molar-refractivity contribution is 0.498. The van der Waals surface area contributed by atoms with Crippen molar-refractivity contribution >= 4 is 5.71 Å². The number of allylic oxidation sites excluding steroid dienone is 3. The number of hydrogen-bond donors (Lipinski definition) is 0. The molecule has 0 spiro atoms. The van der Waals surface area contributed by atoms with E-state index in [4.69, 9.17) is 0 Å². The van der Waals surface area contributed by atoms with Crippen molar-refractivity contribution in [3.8, 4) is 0 Å². The van der Waals surface area contributed by atoms with E-state index in [1.807, 2.05) is 0 Å². The average molecular weight is 249 g/mol. The van der Waals surface area contributed by atoms with Crippen LogP contribution >= 0.6 is 0 Å². The third kappa shape index (κ3) is 10.3. The van der Waals surface area contributed by atoms with E-state index in [2.05, 4.69) is 52.3 Å². The van der Waals surface area contributed by atoms with Gasteiger partial charge in [0, 0.05) is 12.3 Å². The first-order valence-corrected chi connectivity index (χ1v) is 7.28. The van der Waals surface area contributed by atoms with Crippen molar-refractivity contribution in [2.24, 2.45) is 10.9 Å². The Balaban J connectivity index is 3.91. The molecule has 0 rings (SSSR count). The topological polar surface area (TPSA) is 12.4 Å². The Morgan fingerprint density at radius 1 is 1.22 bits per heavy atom. The van der Waals surface area contributed by atoms with Crippen molar-refractivity contribution < 1.29 is 0 Å². The Morgan fingerprint density at radius 3 is 2.39 bits per heavy atom. The molecule has 1 unspecified atom stereocenters. The van der Waals surface area contributed by atoms with Crippen LogP contribution in [0.25, 0.3) is 0 Å². The van der Waals surface area contributed by atoms with Gasteiger partial charge in [-0.05, 0) is 59.0 Å². The Bertz CT molecular complexity index is 293. The fourth-order valence-electron chi connectivity index (χ4n) is 2.23. The van der Waals surface area contributed by atoms with E-state index in [9.17, 15) is 0 Å². The van der Waals surface area contributed by atoms with E-state index in [1.54, 1.807) is 0 Å². The molecule has 0 aromatic carbocycles. The highest BCUT2D eigenvalue weighted by Crippen LogP contribution is 2.17. The van der Waals surface area contributed by atoms with E-state index in [1.165, 1.54) is 42.5 Å². The Kier molecular flexibility index (Phi) is 9.63. The highest BCUT2D eigenvalue weighted by Gasteiger charge is 2.03. The predicted octanol–water partition coefficient (Wildman–Crippen LogP) is 5.58. The number of hydrogen-bond acceptors (Lipinski definition) is 1. The van der Waals surface area contributed by atoms with Crippen molar-refractivity contribution in [1.82, 2.24) is 0 Å². The first-order chi connectivity index (χ1) is 8.45. The summed E-state index contributed by atoms with van der Waals surface area (Å²) in [6.07, 6.45) is 8.38. The summed E-state index contributed by atoms with van der Waals surface area (Å²) in [7, 11) is 0. The number of unbranched alkanes of at least 4 members (excludes halogenated alkanes) is 1. The summed E-state index contributed by atoms with van der Waals surface area (Å²) >= 11 is 0. The van der Waals surface area contributed by atoms with Crippen LogP contribution in [0, 0.1) is 5.92 Å². The van der Waals surface area contributed by atoms with Gasteiger partial charge >= 0.3 is 0 Å². The molecule has 1 atom stereocenters. The van der Waals surface area contributed by atoms with E-state index in [-0.39, 0.29) is 0 Å². The van der Waals surface area contributed by atoms with Crippen molar-refractivity contribution in [1.29, 1.82) is 0 Å². The Hall–Kier alpha value is -0.850. The van der Waals surface area contributed by atoms with Crippen LogP contribution in [0.15, 0.2) is 28.8 Å². The molecule has 0 saturated heterocycles. The van der Waals surface area contributed by atoms with Gasteiger partial charge in [0.05, 0.1) is 0 Å². The summed E-state index contributed by atoms with van der Waals surface area (Å²) in [5.74, 6) is 0.775. The maximum absolute atomic E-state index is 4.56. The minimum absolute atomic E-state index is 0.775. The van der Waals surface area contributed by atoms with Crippen LogP contribution in [-0.4, -0.2) is 12.3 Å². The van der Waals surface area contributed by atoms with Gasteiger partial charge in [-0.1, -0.05) is 30.9 Å². The normalized spacial score (nSPS) is 13.3. The second-order valence-corrected chi connectivity index (χ2v) is 5.70. The highest BCUT2D eigenvalue weighted by atomic mass is 14.7. The SMILES string of the molecule is C=C(C)CC(C)CCCCC(C=C(C)C)=NCC. The molecule has 0 aliphatic rings. The number of nitrogens with zero attached hydrogens (tertiary/aromatic N) is 1. The van der Waals surface area contributed by atoms with E-state index >= 15 is 0 Å². The lowest BCUT2D eigenvalue weighted by Crippen LogP contribution is -1.99. The van der Waals surface area contributed by atoms with Crippen LogP contribution in [0.2, 0.25) is 0 Å². The molecule has 0 saturated carbocycles. The molecule has 0 bridgehead atoms. The molecule has 0 aromatic heterocycles. The van der Waals surface area contributed by atoms with Crippen LogP contribution in [0.3, 0.4) is 0 Å². The third-order valence-electron chi connectivity index (χ3n) is 2.89. The summed E-state index contributed by atoms with van der Waals surface area (Å²) < 4.78 is 0.